The van der Waals surface area contributed by atoms with Gasteiger partial charge in [-0.2, -0.15) is 5.26 Å². The van der Waals surface area contributed by atoms with Crippen LogP contribution in [-0.4, -0.2) is 7.11 Å². The number of halogens is 1. The Morgan fingerprint density at radius 2 is 1.87 bits per heavy atom. The summed E-state index contributed by atoms with van der Waals surface area (Å²) in [5.41, 5.74) is 2.40. The average molecular weight is 364 g/mol. The number of fused-ring (bicyclic) bond motifs is 1. The Morgan fingerprint density at radius 1 is 1.09 bits per heavy atom. The molecule has 0 aliphatic heterocycles. The van der Waals surface area contributed by atoms with Crippen LogP contribution in [0.3, 0.4) is 0 Å². The standard InChI is InChI=1S/C20H14BrNO/c1-23-20-10-9-17(21)12-15(20)11-16(13-22)19-8-4-6-14-5-2-3-7-18(14)19/h2-12H,1H3. The lowest BCUT2D eigenvalue weighted by atomic mass is 9.97. The predicted molar refractivity (Wildman–Crippen MR) is 98.1 cm³/mol. The van der Waals surface area contributed by atoms with E-state index >= 15 is 0 Å². The van der Waals surface area contributed by atoms with Gasteiger partial charge in [0, 0.05) is 15.6 Å². The maximum absolute atomic E-state index is 9.66. The van der Waals surface area contributed by atoms with Gasteiger partial charge < -0.3 is 4.74 Å². The van der Waals surface area contributed by atoms with Crippen molar-refractivity contribution in [1.29, 1.82) is 5.26 Å². The smallest absolute Gasteiger partial charge is 0.126 e. The first-order valence-corrected chi connectivity index (χ1v) is 7.95. The molecule has 3 aromatic carbocycles. The minimum Gasteiger partial charge on any atom is -0.496 e. The van der Waals surface area contributed by atoms with Crippen molar-refractivity contribution in [3.8, 4) is 11.8 Å². The number of nitriles is 1. The Bertz CT molecular complexity index is 933. The van der Waals surface area contributed by atoms with Crippen LogP contribution >= 0.6 is 15.9 Å². The number of allylic oxidation sites excluding steroid dienone is 1. The number of nitrogens with zero attached hydrogens (tertiary/aromatic N) is 1. The number of methoxy groups -OCH3 is 1. The van der Waals surface area contributed by atoms with Crippen LogP contribution in [0.1, 0.15) is 11.1 Å². The molecule has 0 aliphatic rings. The molecule has 0 radical (unpaired) electrons. The molecule has 0 atom stereocenters. The molecular formula is C20H14BrNO. The summed E-state index contributed by atoms with van der Waals surface area (Å²) in [6.07, 6.45) is 1.87. The molecule has 3 heteroatoms. The number of benzene rings is 3. The molecule has 0 aromatic heterocycles. The van der Waals surface area contributed by atoms with Gasteiger partial charge in [-0.15, -0.1) is 0 Å². The molecule has 0 saturated heterocycles. The van der Waals surface area contributed by atoms with Crippen molar-refractivity contribution >= 4 is 38.4 Å². The van der Waals surface area contributed by atoms with Crippen LogP contribution in [0.4, 0.5) is 0 Å². The molecule has 112 valence electrons. The molecule has 23 heavy (non-hydrogen) atoms. The van der Waals surface area contributed by atoms with E-state index in [1.165, 1.54) is 0 Å². The normalized spacial score (nSPS) is 11.3. The first kappa shape index (κ1) is 15.3. The lowest BCUT2D eigenvalue weighted by Gasteiger charge is -2.08. The molecule has 0 N–H and O–H groups in total. The number of hydrogen-bond donors (Lipinski definition) is 0. The molecule has 0 unspecified atom stereocenters. The van der Waals surface area contributed by atoms with Gasteiger partial charge in [0.1, 0.15) is 5.75 Å². The van der Waals surface area contributed by atoms with Crippen LogP contribution in [0.5, 0.6) is 5.75 Å². The summed E-state index contributed by atoms with van der Waals surface area (Å²) in [6, 6.07) is 22.1. The summed E-state index contributed by atoms with van der Waals surface area (Å²) < 4.78 is 6.34. The Balaban J connectivity index is 2.20. The molecule has 0 spiro atoms. The molecule has 0 bridgehead atoms. The van der Waals surface area contributed by atoms with Gasteiger partial charge in [-0.3, -0.25) is 0 Å². The van der Waals surface area contributed by atoms with E-state index in [9.17, 15) is 5.26 Å². The molecule has 0 aliphatic carbocycles. The second-order valence-corrected chi connectivity index (χ2v) is 6.00. The fourth-order valence-electron chi connectivity index (χ4n) is 2.60. The minimum absolute atomic E-state index is 0.609. The topological polar surface area (TPSA) is 33.0 Å². The summed E-state index contributed by atoms with van der Waals surface area (Å²) in [5, 5.41) is 11.8. The zero-order valence-corrected chi connectivity index (χ0v) is 14.2. The number of rotatable bonds is 3. The second-order valence-electron chi connectivity index (χ2n) is 5.08. The van der Waals surface area contributed by atoms with Crippen molar-refractivity contribution in [3.63, 3.8) is 0 Å². The lowest BCUT2D eigenvalue weighted by Crippen LogP contribution is -1.89. The SMILES string of the molecule is COc1ccc(Br)cc1C=C(C#N)c1cccc2ccccc12. The third-order valence-electron chi connectivity index (χ3n) is 3.69. The number of ether oxygens (including phenoxy) is 1. The van der Waals surface area contributed by atoms with Gasteiger partial charge in [0.15, 0.2) is 0 Å². The van der Waals surface area contributed by atoms with Crippen molar-refractivity contribution in [2.75, 3.05) is 7.11 Å². The Kier molecular flexibility index (Phi) is 4.45. The van der Waals surface area contributed by atoms with Gasteiger partial charge in [-0.05, 0) is 35.0 Å². The van der Waals surface area contributed by atoms with Crippen molar-refractivity contribution < 1.29 is 4.74 Å². The highest BCUT2D eigenvalue weighted by atomic mass is 79.9. The van der Waals surface area contributed by atoms with Crippen LogP contribution in [0.15, 0.2) is 65.1 Å². The molecule has 0 heterocycles. The molecule has 3 aromatic rings. The number of hydrogen-bond acceptors (Lipinski definition) is 2. The summed E-state index contributed by atoms with van der Waals surface area (Å²) in [7, 11) is 1.63. The van der Waals surface area contributed by atoms with Crippen molar-refractivity contribution in [2.45, 2.75) is 0 Å². The van der Waals surface area contributed by atoms with E-state index in [-0.39, 0.29) is 0 Å². The summed E-state index contributed by atoms with van der Waals surface area (Å²) >= 11 is 3.47. The molecule has 0 amide bonds. The fourth-order valence-corrected chi connectivity index (χ4v) is 2.98. The van der Waals surface area contributed by atoms with E-state index in [0.717, 1.165) is 32.1 Å². The maximum Gasteiger partial charge on any atom is 0.126 e. The second kappa shape index (κ2) is 6.68. The van der Waals surface area contributed by atoms with Crippen LogP contribution in [0.2, 0.25) is 0 Å². The van der Waals surface area contributed by atoms with E-state index in [1.54, 1.807) is 7.11 Å². The van der Waals surface area contributed by atoms with Gasteiger partial charge in [0.2, 0.25) is 0 Å². The van der Waals surface area contributed by atoms with Crippen LogP contribution in [-0.2, 0) is 0 Å². The van der Waals surface area contributed by atoms with Crippen LogP contribution in [0.25, 0.3) is 22.4 Å². The van der Waals surface area contributed by atoms with Gasteiger partial charge >= 0.3 is 0 Å². The quantitative estimate of drug-likeness (QED) is 0.443. The monoisotopic (exact) mass is 363 g/mol. The Labute approximate surface area is 143 Å². The van der Waals surface area contributed by atoms with Crippen LogP contribution < -0.4 is 4.74 Å². The predicted octanol–water partition coefficient (Wildman–Crippen LogP) is 5.68. The first-order valence-electron chi connectivity index (χ1n) is 7.16. The van der Waals surface area contributed by atoms with Gasteiger partial charge in [0.25, 0.3) is 0 Å². The summed E-state index contributed by atoms with van der Waals surface area (Å²) in [5.74, 6) is 0.737. The lowest BCUT2D eigenvalue weighted by molar-refractivity contribution is 0.414. The van der Waals surface area contributed by atoms with E-state index in [2.05, 4.69) is 22.0 Å². The van der Waals surface area contributed by atoms with Crippen molar-refractivity contribution in [1.82, 2.24) is 0 Å². The average Bonchev–Trinajstić information content (AvgIpc) is 2.59. The van der Waals surface area contributed by atoms with Gasteiger partial charge in [0.05, 0.1) is 18.8 Å². The van der Waals surface area contributed by atoms with Crippen molar-refractivity contribution in [3.05, 3.63) is 76.3 Å². The molecule has 3 rings (SSSR count). The fraction of sp³-hybridized carbons (Fsp3) is 0.0500. The van der Waals surface area contributed by atoms with E-state index in [4.69, 9.17) is 4.74 Å². The van der Waals surface area contributed by atoms with Crippen molar-refractivity contribution in [2.24, 2.45) is 0 Å². The Morgan fingerprint density at radius 3 is 2.65 bits per heavy atom. The van der Waals surface area contributed by atoms with E-state index < -0.39 is 0 Å². The molecule has 2 nitrogen and oxygen atoms in total. The zero-order valence-electron chi connectivity index (χ0n) is 12.6. The largest absolute Gasteiger partial charge is 0.496 e. The Hall–Kier alpha value is -2.57. The minimum atomic E-state index is 0.609. The first-order chi connectivity index (χ1) is 11.2. The third-order valence-corrected chi connectivity index (χ3v) is 4.19. The molecule has 0 fully saturated rings. The third kappa shape index (κ3) is 3.13. The highest BCUT2D eigenvalue weighted by molar-refractivity contribution is 9.10. The highest BCUT2D eigenvalue weighted by Gasteiger charge is 2.08. The van der Waals surface area contributed by atoms with E-state index in [0.29, 0.717) is 5.57 Å². The molecule has 0 saturated carbocycles. The molecular weight excluding hydrogens is 350 g/mol. The van der Waals surface area contributed by atoms with Gasteiger partial charge in [-0.25, -0.2) is 0 Å². The summed E-state index contributed by atoms with van der Waals surface area (Å²) in [6.45, 7) is 0. The maximum atomic E-state index is 9.66. The summed E-state index contributed by atoms with van der Waals surface area (Å²) in [4.78, 5) is 0. The zero-order chi connectivity index (χ0) is 16.2. The van der Waals surface area contributed by atoms with Gasteiger partial charge in [-0.1, -0.05) is 58.4 Å². The van der Waals surface area contributed by atoms with E-state index in [1.807, 2.05) is 66.7 Å². The highest BCUT2D eigenvalue weighted by Crippen LogP contribution is 2.30. The van der Waals surface area contributed by atoms with Crippen LogP contribution in [0, 0.1) is 11.3 Å².